The molecule has 0 radical (unpaired) electrons. The molecule has 0 spiro atoms. The predicted molar refractivity (Wildman–Crippen MR) is 79.5 cm³/mol. The molecular formula is C15H16ClN3O. The highest BCUT2D eigenvalue weighted by Gasteiger charge is 2.11. The van der Waals surface area contributed by atoms with Gasteiger partial charge in [-0.2, -0.15) is 0 Å². The molecule has 0 saturated heterocycles. The molecule has 2 aromatic rings. The molecule has 3 rings (SSSR count). The van der Waals surface area contributed by atoms with Gasteiger partial charge in [-0.3, -0.25) is 0 Å². The van der Waals surface area contributed by atoms with Gasteiger partial charge in [-0.1, -0.05) is 17.7 Å². The number of halogens is 1. The molecule has 0 bridgehead atoms. The Kier molecular flexibility index (Phi) is 3.85. The first-order chi connectivity index (χ1) is 9.74. The summed E-state index contributed by atoms with van der Waals surface area (Å²) in [7, 11) is 1.61. The van der Waals surface area contributed by atoms with Crippen molar-refractivity contribution in [1.82, 2.24) is 9.97 Å². The third kappa shape index (κ3) is 2.92. The summed E-state index contributed by atoms with van der Waals surface area (Å²) in [5, 5.41) is 3.69. The number of hydrogen-bond acceptors (Lipinski definition) is 4. The van der Waals surface area contributed by atoms with Crippen molar-refractivity contribution in [3.8, 4) is 0 Å². The van der Waals surface area contributed by atoms with E-state index in [2.05, 4.69) is 33.5 Å². The third-order valence-electron chi connectivity index (χ3n) is 3.39. The fourth-order valence-electron chi connectivity index (χ4n) is 2.52. The molecule has 0 atom stereocenters. The minimum atomic E-state index is 0.347. The van der Waals surface area contributed by atoms with E-state index in [-0.39, 0.29) is 0 Å². The average Bonchev–Trinajstić information content (AvgIpc) is 2.85. The lowest BCUT2D eigenvalue weighted by Crippen LogP contribution is -2.02. The molecule has 1 N–H and O–H groups in total. The molecule has 20 heavy (non-hydrogen) atoms. The Bertz CT molecular complexity index is 631. The summed E-state index contributed by atoms with van der Waals surface area (Å²) in [6.45, 7) is 0.347. The van der Waals surface area contributed by atoms with Crippen molar-refractivity contribution in [2.75, 3.05) is 12.4 Å². The summed E-state index contributed by atoms with van der Waals surface area (Å²) in [6.07, 6.45) is 3.59. The van der Waals surface area contributed by atoms with Crippen LogP contribution < -0.4 is 5.32 Å². The van der Waals surface area contributed by atoms with Crippen LogP contribution >= 0.6 is 11.6 Å². The Labute approximate surface area is 123 Å². The molecule has 4 nitrogen and oxygen atoms in total. The van der Waals surface area contributed by atoms with Gasteiger partial charge in [0.2, 0.25) is 0 Å². The minimum absolute atomic E-state index is 0.347. The SMILES string of the molecule is COCc1nc(Cl)cc(Nc2ccc3c(c2)CCC3)n1. The average molecular weight is 290 g/mol. The molecule has 1 aromatic heterocycles. The smallest absolute Gasteiger partial charge is 0.158 e. The van der Waals surface area contributed by atoms with E-state index in [0.717, 1.165) is 12.1 Å². The normalized spacial score (nSPS) is 13.3. The first-order valence-electron chi connectivity index (χ1n) is 6.66. The van der Waals surface area contributed by atoms with Crippen LogP contribution in [0, 0.1) is 0 Å². The van der Waals surface area contributed by atoms with Crippen LogP contribution in [-0.4, -0.2) is 17.1 Å². The molecule has 1 aliphatic carbocycles. The van der Waals surface area contributed by atoms with Gasteiger partial charge in [0.25, 0.3) is 0 Å². The number of aromatic nitrogens is 2. The van der Waals surface area contributed by atoms with E-state index in [4.69, 9.17) is 16.3 Å². The lowest BCUT2D eigenvalue weighted by Gasteiger charge is -2.09. The molecule has 5 heteroatoms. The number of fused-ring (bicyclic) bond motifs is 1. The highest BCUT2D eigenvalue weighted by atomic mass is 35.5. The molecule has 104 valence electrons. The summed E-state index contributed by atoms with van der Waals surface area (Å²) in [6, 6.07) is 8.17. The van der Waals surface area contributed by atoms with Crippen LogP contribution in [0.4, 0.5) is 11.5 Å². The molecule has 1 aliphatic rings. The second-order valence-electron chi connectivity index (χ2n) is 4.89. The maximum atomic E-state index is 6.00. The van der Waals surface area contributed by atoms with E-state index < -0.39 is 0 Å². The lowest BCUT2D eigenvalue weighted by atomic mass is 10.1. The first-order valence-corrected chi connectivity index (χ1v) is 7.03. The van der Waals surface area contributed by atoms with Crippen molar-refractivity contribution in [3.05, 3.63) is 46.4 Å². The van der Waals surface area contributed by atoms with E-state index in [1.807, 2.05) is 0 Å². The number of methoxy groups -OCH3 is 1. The van der Waals surface area contributed by atoms with Gasteiger partial charge in [0.1, 0.15) is 17.6 Å². The fourth-order valence-corrected chi connectivity index (χ4v) is 2.72. The highest BCUT2D eigenvalue weighted by molar-refractivity contribution is 6.29. The van der Waals surface area contributed by atoms with Gasteiger partial charge in [-0.05, 0) is 42.5 Å². The van der Waals surface area contributed by atoms with Crippen molar-refractivity contribution in [3.63, 3.8) is 0 Å². The lowest BCUT2D eigenvalue weighted by molar-refractivity contribution is 0.178. The van der Waals surface area contributed by atoms with Crippen LogP contribution in [0.25, 0.3) is 0 Å². The van der Waals surface area contributed by atoms with Gasteiger partial charge in [0.15, 0.2) is 5.82 Å². The van der Waals surface area contributed by atoms with Crippen LogP contribution in [0.3, 0.4) is 0 Å². The number of rotatable bonds is 4. The molecular weight excluding hydrogens is 274 g/mol. The number of anilines is 2. The number of hydrogen-bond donors (Lipinski definition) is 1. The molecule has 0 fully saturated rings. The quantitative estimate of drug-likeness (QED) is 0.875. The Hall–Kier alpha value is -1.65. The highest BCUT2D eigenvalue weighted by Crippen LogP contribution is 2.26. The molecule has 0 saturated carbocycles. The second-order valence-corrected chi connectivity index (χ2v) is 5.27. The summed E-state index contributed by atoms with van der Waals surface area (Å²) in [4.78, 5) is 8.49. The maximum Gasteiger partial charge on any atom is 0.158 e. The number of aryl methyl sites for hydroxylation is 2. The van der Waals surface area contributed by atoms with Crippen molar-refractivity contribution in [1.29, 1.82) is 0 Å². The zero-order chi connectivity index (χ0) is 13.9. The largest absolute Gasteiger partial charge is 0.377 e. The molecule has 0 unspecified atom stereocenters. The van der Waals surface area contributed by atoms with E-state index in [0.29, 0.717) is 23.4 Å². The zero-order valence-corrected chi connectivity index (χ0v) is 12.1. The van der Waals surface area contributed by atoms with Crippen LogP contribution in [0.2, 0.25) is 5.15 Å². The Morgan fingerprint density at radius 3 is 2.90 bits per heavy atom. The Morgan fingerprint density at radius 1 is 1.20 bits per heavy atom. The summed E-state index contributed by atoms with van der Waals surface area (Å²) >= 11 is 6.00. The van der Waals surface area contributed by atoms with Crippen LogP contribution in [0.15, 0.2) is 24.3 Å². The van der Waals surface area contributed by atoms with Gasteiger partial charge in [0.05, 0.1) is 0 Å². The van der Waals surface area contributed by atoms with Crippen molar-refractivity contribution >= 4 is 23.1 Å². The van der Waals surface area contributed by atoms with E-state index >= 15 is 0 Å². The van der Waals surface area contributed by atoms with Gasteiger partial charge >= 0.3 is 0 Å². The predicted octanol–water partition coefficient (Wildman–Crippen LogP) is 3.51. The minimum Gasteiger partial charge on any atom is -0.377 e. The number of ether oxygens (including phenoxy) is 1. The van der Waals surface area contributed by atoms with Gasteiger partial charge in [-0.25, -0.2) is 9.97 Å². The topological polar surface area (TPSA) is 47.0 Å². The number of nitrogens with one attached hydrogen (secondary N) is 1. The summed E-state index contributed by atoms with van der Waals surface area (Å²) < 4.78 is 5.04. The van der Waals surface area contributed by atoms with Gasteiger partial charge in [0, 0.05) is 18.9 Å². The first kappa shape index (κ1) is 13.3. The third-order valence-corrected chi connectivity index (χ3v) is 3.58. The van der Waals surface area contributed by atoms with E-state index in [9.17, 15) is 0 Å². The second kappa shape index (κ2) is 5.77. The summed E-state index contributed by atoms with van der Waals surface area (Å²) in [5.41, 5.74) is 3.91. The maximum absolute atomic E-state index is 6.00. The molecule has 1 heterocycles. The van der Waals surface area contributed by atoms with Gasteiger partial charge in [-0.15, -0.1) is 0 Å². The van der Waals surface area contributed by atoms with Crippen molar-refractivity contribution in [2.24, 2.45) is 0 Å². The molecule has 1 aromatic carbocycles. The molecule has 0 amide bonds. The zero-order valence-electron chi connectivity index (χ0n) is 11.3. The van der Waals surface area contributed by atoms with Crippen LogP contribution in [0.1, 0.15) is 23.4 Å². The number of benzene rings is 1. The van der Waals surface area contributed by atoms with Crippen LogP contribution in [-0.2, 0) is 24.2 Å². The Morgan fingerprint density at radius 2 is 2.05 bits per heavy atom. The van der Waals surface area contributed by atoms with Crippen molar-refractivity contribution in [2.45, 2.75) is 25.9 Å². The standard InChI is InChI=1S/C15H16ClN3O/c1-20-9-15-18-13(16)8-14(19-15)17-12-6-5-10-3-2-4-11(10)7-12/h5-8H,2-4,9H2,1H3,(H,17,18,19). The van der Waals surface area contributed by atoms with Crippen LogP contribution in [0.5, 0.6) is 0 Å². The molecule has 0 aliphatic heterocycles. The van der Waals surface area contributed by atoms with Gasteiger partial charge < -0.3 is 10.1 Å². The fraction of sp³-hybridized carbons (Fsp3) is 0.333. The van der Waals surface area contributed by atoms with E-state index in [1.54, 1.807) is 13.2 Å². The Balaban J connectivity index is 1.83. The van der Waals surface area contributed by atoms with E-state index in [1.165, 1.54) is 24.0 Å². The summed E-state index contributed by atoms with van der Waals surface area (Å²) in [5.74, 6) is 1.26. The number of nitrogens with zero attached hydrogens (tertiary/aromatic N) is 2. The van der Waals surface area contributed by atoms with Crippen molar-refractivity contribution < 1.29 is 4.74 Å². The monoisotopic (exact) mass is 289 g/mol.